The van der Waals surface area contributed by atoms with Gasteiger partial charge in [0.05, 0.1) is 11.6 Å². The van der Waals surface area contributed by atoms with Crippen molar-refractivity contribution in [2.45, 2.75) is 25.3 Å². The van der Waals surface area contributed by atoms with Gasteiger partial charge in [0, 0.05) is 10.5 Å². The van der Waals surface area contributed by atoms with Crippen molar-refractivity contribution in [2.24, 2.45) is 5.92 Å². The fraction of sp³-hybridized carbons (Fsp3) is 0.385. The molecular formula is C13H14BrFN2O3. The van der Waals surface area contributed by atoms with Crippen molar-refractivity contribution in [3.63, 3.8) is 0 Å². The van der Waals surface area contributed by atoms with E-state index in [1.165, 1.54) is 12.1 Å². The summed E-state index contributed by atoms with van der Waals surface area (Å²) in [7, 11) is 0. The van der Waals surface area contributed by atoms with Crippen LogP contribution in [-0.4, -0.2) is 23.1 Å². The molecule has 3 N–H and O–H groups in total. The number of hydrogen-bond donors (Lipinski definition) is 3. The number of hydrogen-bond acceptors (Lipinski definition) is 2. The lowest BCUT2D eigenvalue weighted by atomic mass is 10.1. The van der Waals surface area contributed by atoms with Gasteiger partial charge in [-0.05, 0) is 47.3 Å². The summed E-state index contributed by atoms with van der Waals surface area (Å²) < 4.78 is 14.0. The van der Waals surface area contributed by atoms with Crippen LogP contribution < -0.4 is 10.6 Å². The van der Waals surface area contributed by atoms with Gasteiger partial charge in [-0.3, -0.25) is 4.79 Å². The quantitative estimate of drug-likeness (QED) is 0.788. The Morgan fingerprint density at radius 2 is 2.10 bits per heavy atom. The van der Waals surface area contributed by atoms with Gasteiger partial charge in [0.15, 0.2) is 0 Å². The summed E-state index contributed by atoms with van der Waals surface area (Å²) in [5.74, 6) is -1.79. The molecule has 0 saturated heterocycles. The number of rotatable bonds is 3. The van der Waals surface area contributed by atoms with E-state index in [2.05, 4.69) is 26.6 Å². The summed E-state index contributed by atoms with van der Waals surface area (Å²) in [5, 5.41) is 14.0. The molecule has 1 saturated carbocycles. The van der Waals surface area contributed by atoms with Crippen LogP contribution in [0.15, 0.2) is 22.7 Å². The lowest BCUT2D eigenvalue weighted by Gasteiger charge is -2.14. The molecule has 5 nitrogen and oxygen atoms in total. The zero-order chi connectivity index (χ0) is 14.7. The predicted molar refractivity (Wildman–Crippen MR) is 75.0 cm³/mol. The molecule has 2 amide bonds. The number of nitrogens with one attached hydrogen (secondary N) is 2. The van der Waals surface area contributed by atoms with Gasteiger partial charge in [-0.1, -0.05) is 6.07 Å². The van der Waals surface area contributed by atoms with Crippen molar-refractivity contribution in [3.05, 3.63) is 28.5 Å². The average molecular weight is 345 g/mol. The molecule has 0 spiro atoms. The molecule has 20 heavy (non-hydrogen) atoms. The maximum atomic E-state index is 13.5. The Morgan fingerprint density at radius 3 is 2.70 bits per heavy atom. The van der Waals surface area contributed by atoms with Gasteiger partial charge in [0.2, 0.25) is 0 Å². The fourth-order valence-electron chi connectivity index (χ4n) is 2.29. The lowest BCUT2D eigenvalue weighted by molar-refractivity contribution is -0.141. The van der Waals surface area contributed by atoms with Gasteiger partial charge in [-0.2, -0.15) is 0 Å². The summed E-state index contributed by atoms with van der Waals surface area (Å²) in [5.41, 5.74) is 0.0674. The normalized spacial score (nSPS) is 21.5. The minimum atomic E-state index is -0.841. The molecule has 2 unspecified atom stereocenters. The third-order valence-electron chi connectivity index (χ3n) is 3.32. The Hall–Kier alpha value is -1.63. The van der Waals surface area contributed by atoms with Gasteiger partial charge in [0.25, 0.3) is 0 Å². The number of halogens is 2. The molecular weight excluding hydrogens is 331 g/mol. The molecule has 1 aliphatic carbocycles. The average Bonchev–Trinajstić information content (AvgIpc) is 2.82. The van der Waals surface area contributed by atoms with E-state index in [9.17, 15) is 14.0 Å². The Labute approximate surface area is 123 Å². The van der Waals surface area contributed by atoms with Crippen molar-refractivity contribution >= 4 is 33.6 Å². The van der Waals surface area contributed by atoms with Crippen molar-refractivity contribution in [1.82, 2.24) is 5.32 Å². The van der Waals surface area contributed by atoms with Crippen LogP contribution in [-0.2, 0) is 4.79 Å². The minimum Gasteiger partial charge on any atom is -0.481 e. The van der Waals surface area contributed by atoms with Gasteiger partial charge in [-0.15, -0.1) is 0 Å². The topological polar surface area (TPSA) is 78.4 Å². The number of benzene rings is 1. The van der Waals surface area contributed by atoms with E-state index in [1.54, 1.807) is 6.07 Å². The van der Waals surface area contributed by atoms with Crippen LogP contribution in [0.25, 0.3) is 0 Å². The van der Waals surface area contributed by atoms with E-state index in [0.29, 0.717) is 23.7 Å². The minimum absolute atomic E-state index is 0.0674. The Bertz CT molecular complexity index is 518. The van der Waals surface area contributed by atoms with Crippen LogP contribution in [0.2, 0.25) is 0 Å². The van der Waals surface area contributed by atoms with Crippen molar-refractivity contribution in [2.75, 3.05) is 5.32 Å². The first kappa shape index (κ1) is 14.8. The first-order chi connectivity index (χ1) is 9.47. The fourth-order valence-corrected chi connectivity index (χ4v) is 2.73. The van der Waals surface area contributed by atoms with E-state index >= 15 is 0 Å². The number of anilines is 1. The predicted octanol–water partition coefficient (Wildman–Crippen LogP) is 2.96. The molecule has 1 aliphatic rings. The van der Waals surface area contributed by atoms with E-state index in [4.69, 9.17) is 5.11 Å². The molecule has 2 rings (SSSR count). The zero-order valence-electron chi connectivity index (χ0n) is 10.5. The molecule has 108 valence electrons. The van der Waals surface area contributed by atoms with Crippen molar-refractivity contribution in [1.29, 1.82) is 0 Å². The molecule has 0 heterocycles. The van der Waals surface area contributed by atoms with Crippen molar-refractivity contribution < 1.29 is 19.1 Å². The highest BCUT2D eigenvalue weighted by molar-refractivity contribution is 9.10. The number of carbonyl (C=O) groups is 2. The second kappa shape index (κ2) is 6.21. The van der Waals surface area contributed by atoms with Gasteiger partial charge < -0.3 is 15.7 Å². The van der Waals surface area contributed by atoms with Crippen molar-refractivity contribution in [3.8, 4) is 0 Å². The molecule has 1 aromatic rings. The van der Waals surface area contributed by atoms with E-state index in [0.717, 1.165) is 0 Å². The van der Waals surface area contributed by atoms with E-state index in [1.807, 2.05) is 0 Å². The molecule has 7 heteroatoms. The van der Waals surface area contributed by atoms with Gasteiger partial charge in [-0.25, -0.2) is 9.18 Å². The number of carbonyl (C=O) groups excluding carboxylic acids is 1. The Balaban J connectivity index is 1.92. The number of amides is 2. The van der Waals surface area contributed by atoms with Crippen LogP contribution in [0.3, 0.4) is 0 Å². The monoisotopic (exact) mass is 344 g/mol. The number of para-hydroxylation sites is 1. The summed E-state index contributed by atoms with van der Waals surface area (Å²) in [6.07, 6.45) is 1.56. The van der Waals surface area contributed by atoms with Gasteiger partial charge in [0.1, 0.15) is 5.82 Å². The van der Waals surface area contributed by atoms with Crippen LogP contribution in [0.4, 0.5) is 14.9 Å². The Kier molecular flexibility index (Phi) is 4.59. The zero-order valence-corrected chi connectivity index (χ0v) is 12.1. The molecule has 0 aromatic heterocycles. The first-order valence-corrected chi connectivity index (χ1v) is 7.01. The largest absolute Gasteiger partial charge is 0.481 e. The smallest absolute Gasteiger partial charge is 0.319 e. The number of carboxylic acid groups (broad SMARTS) is 1. The molecule has 0 aliphatic heterocycles. The van der Waals surface area contributed by atoms with Crippen LogP contribution >= 0.6 is 15.9 Å². The molecule has 0 radical (unpaired) electrons. The summed E-state index contributed by atoms with van der Waals surface area (Å²) >= 11 is 3.16. The SMILES string of the molecule is O=C(Nc1c(F)cccc1Br)NC1CCC(C(=O)O)C1. The van der Waals surface area contributed by atoms with Crippen LogP contribution in [0.1, 0.15) is 19.3 Å². The number of urea groups is 1. The second-order valence-electron chi connectivity index (χ2n) is 4.74. The third-order valence-corrected chi connectivity index (χ3v) is 3.98. The molecule has 1 fully saturated rings. The second-order valence-corrected chi connectivity index (χ2v) is 5.59. The van der Waals surface area contributed by atoms with Crippen LogP contribution in [0, 0.1) is 11.7 Å². The van der Waals surface area contributed by atoms with E-state index < -0.39 is 23.7 Å². The van der Waals surface area contributed by atoms with Gasteiger partial charge >= 0.3 is 12.0 Å². The van der Waals surface area contributed by atoms with E-state index in [-0.39, 0.29) is 11.7 Å². The Morgan fingerprint density at radius 1 is 1.35 bits per heavy atom. The number of carboxylic acids is 1. The molecule has 0 bridgehead atoms. The standard InChI is InChI=1S/C13H14BrFN2O3/c14-9-2-1-3-10(15)11(9)17-13(20)16-8-5-4-7(6-8)12(18)19/h1-3,7-8H,4-6H2,(H,18,19)(H2,16,17,20). The first-order valence-electron chi connectivity index (χ1n) is 6.21. The lowest BCUT2D eigenvalue weighted by Crippen LogP contribution is -2.37. The molecule has 1 aromatic carbocycles. The summed E-state index contributed by atoms with van der Waals surface area (Å²) in [6.45, 7) is 0. The maximum Gasteiger partial charge on any atom is 0.319 e. The highest BCUT2D eigenvalue weighted by Crippen LogP contribution is 2.27. The highest BCUT2D eigenvalue weighted by atomic mass is 79.9. The number of aliphatic carboxylic acids is 1. The van der Waals surface area contributed by atoms with Crippen LogP contribution in [0.5, 0.6) is 0 Å². The maximum absolute atomic E-state index is 13.5. The molecule has 2 atom stereocenters. The highest BCUT2D eigenvalue weighted by Gasteiger charge is 2.30. The summed E-state index contributed by atoms with van der Waals surface area (Å²) in [4.78, 5) is 22.6. The third kappa shape index (κ3) is 3.47. The summed E-state index contributed by atoms with van der Waals surface area (Å²) in [6, 6.07) is 3.66.